The number of ether oxygens (including phenoxy) is 1. The van der Waals surface area contributed by atoms with E-state index in [9.17, 15) is 5.11 Å². The molecular weight excluding hydrogens is 296 g/mol. The Bertz CT molecular complexity index is 752. The van der Waals surface area contributed by atoms with E-state index in [0.717, 1.165) is 22.4 Å². The fourth-order valence-corrected chi connectivity index (χ4v) is 2.35. The van der Waals surface area contributed by atoms with Crippen LogP contribution in [-0.2, 0) is 6.61 Å². The molecule has 0 atom stereocenters. The van der Waals surface area contributed by atoms with Gasteiger partial charge in [-0.15, -0.1) is 0 Å². The molecule has 0 fully saturated rings. The summed E-state index contributed by atoms with van der Waals surface area (Å²) >= 11 is 5.94. The minimum Gasteiger partial charge on any atom is -0.506 e. The Morgan fingerprint density at radius 1 is 0.818 bits per heavy atom. The summed E-state index contributed by atoms with van der Waals surface area (Å²) in [5, 5.41) is 9.81. The first kappa shape index (κ1) is 14.5. The number of benzene rings is 3. The van der Waals surface area contributed by atoms with Crippen LogP contribution in [-0.4, -0.2) is 5.11 Å². The third-order valence-electron chi connectivity index (χ3n) is 3.38. The predicted molar refractivity (Wildman–Crippen MR) is 89.3 cm³/mol. The zero-order valence-electron chi connectivity index (χ0n) is 11.9. The number of aromatic hydroxyl groups is 1. The third-order valence-corrected chi connectivity index (χ3v) is 3.69. The minimum absolute atomic E-state index is 0.0910. The van der Waals surface area contributed by atoms with Crippen LogP contribution in [0.15, 0.2) is 72.8 Å². The first-order valence-corrected chi connectivity index (χ1v) is 7.36. The molecule has 3 aromatic rings. The molecule has 0 saturated carbocycles. The molecule has 3 aromatic carbocycles. The van der Waals surface area contributed by atoms with Crippen LogP contribution in [0, 0.1) is 0 Å². The molecule has 0 aromatic heterocycles. The molecule has 0 amide bonds. The summed E-state index contributed by atoms with van der Waals surface area (Å²) in [5.41, 5.74) is 3.11. The molecule has 0 saturated heterocycles. The van der Waals surface area contributed by atoms with E-state index in [1.54, 1.807) is 12.1 Å². The Labute approximate surface area is 134 Å². The highest BCUT2D eigenvalue weighted by Crippen LogP contribution is 2.30. The smallest absolute Gasteiger partial charge is 0.134 e. The number of halogens is 1. The Morgan fingerprint density at radius 2 is 1.50 bits per heavy atom. The van der Waals surface area contributed by atoms with E-state index < -0.39 is 0 Å². The minimum atomic E-state index is 0.0910. The topological polar surface area (TPSA) is 29.5 Å². The Hall–Kier alpha value is -2.45. The van der Waals surface area contributed by atoms with Gasteiger partial charge in [-0.2, -0.15) is 0 Å². The lowest BCUT2D eigenvalue weighted by molar-refractivity contribution is 0.306. The number of phenolic OH excluding ortho intramolecular Hbond substituents is 1. The number of hydrogen-bond donors (Lipinski definition) is 1. The number of rotatable bonds is 4. The lowest BCUT2D eigenvalue weighted by atomic mass is 10.1. The van der Waals surface area contributed by atoms with Gasteiger partial charge in [0.25, 0.3) is 0 Å². The van der Waals surface area contributed by atoms with Crippen molar-refractivity contribution < 1.29 is 9.84 Å². The standard InChI is InChI=1S/C19H15ClO2/c20-18-12-16(8-11-19(18)21)15-6-9-17(10-7-15)22-13-14-4-2-1-3-5-14/h1-12,21H,13H2. The summed E-state index contributed by atoms with van der Waals surface area (Å²) in [5.74, 6) is 0.908. The third kappa shape index (κ3) is 3.41. The van der Waals surface area contributed by atoms with Crippen LogP contribution < -0.4 is 4.74 Å². The number of phenols is 1. The second-order valence-electron chi connectivity index (χ2n) is 4.96. The van der Waals surface area contributed by atoms with Crippen molar-refractivity contribution in [3.05, 3.63) is 83.4 Å². The molecule has 0 heterocycles. The predicted octanol–water partition coefficient (Wildman–Crippen LogP) is 5.29. The normalized spacial score (nSPS) is 10.4. The Morgan fingerprint density at radius 3 is 2.18 bits per heavy atom. The van der Waals surface area contributed by atoms with Gasteiger partial charge in [0.1, 0.15) is 18.1 Å². The van der Waals surface area contributed by atoms with E-state index >= 15 is 0 Å². The maximum atomic E-state index is 9.46. The quantitative estimate of drug-likeness (QED) is 0.709. The maximum absolute atomic E-state index is 9.46. The van der Waals surface area contributed by atoms with E-state index in [4.69, 9.17) is 16.3 Å². The fraction of sp³-hybridized carbons (Fsp3) is 0.0526. The number of hydrogen-bond acceptors (Lipinski definition) is 2. The van der Waals surface area contributed by atoms with Crippen molar-refractivity contribution in [3.8, 4) is 22.6 Å². The summed E-state index contributed by atoms with van der Waals surface area (Å²) in [7, 11) is 0. The molecule has 0 aliphatic rings. The van der Waals surface area contributed by atoms with Gasteiger partial charge >= 0.3 is 0 Å². The van der Waals surface area contributed by atoms with Crippen molar-refractivity contribution in [2.45, 2.75) is 6.61 Å². The molecule has 0 aliphatic carbocycles. The molecule has 0 spiro atoms. The summed E-state index contributed by atoms with van der Waals surface area (Å²) in [6.45, 7) is 0.547. The second-order valence-corrected chi connectivity index (χ2v) is 5.37. The molecule has 3 heteroatoms. The summed E-state index contributed by atoms with van der Waals surface area (Å²) in [6, 6.07) is 23.0. The monoisotopic (exact) mass is 310 g/mol. The van der Waals surface area contributed by atoms with Crippen LogP contribution in [0.2, 0.25) is 5.02 Å². The van der Waals surface area contributed by atoms with Crippen molar-refractivity contribution in [2.75, 3.05) is 0 Å². The van der Waals surface area contributed by atoms with Gasteiger partial charge in [-0.25, -0.2) is 0 Å². The highest BCUT2D eigenvalue weighted by Gasteiger charge is 2.03. The van der Waals surface area contributed by atoms with Gasteiger partial charge in [-0.1, -0.05) is 60.1 Å². The van der Waals surface area contributed by atoms with Crippen LogP contribution in [0.5, 0.6) is 11.5 Å². The Balaban J connectivity index is 1.71. The molecule has 22 heavy (non-hydrogen) atoms. The highest BCUT2D eigenvalue weighted by molar-refractivity contribution is 6.32. The van der Waals surface area contributed by atoms with Gasteiger partial charge in [0.05, 0.1) is 5.02 Å². The van der Waals surface area contributed by atoms with Crippen molar-refractivity contribution in [2.24, 2.45) is 0 Å². The zero-order valence-corrected chi connectivity index (χ0v) is 12.6. The van der Waals surface area contributed by atoms with Crippen molar-refractivity contribution >= 4 is 11.6 Å². The maximum Gasteiger partial charge on any atom is 0.134 e. The van der Waals surface area contributed by atoms with Gasteiger partial charge in [0, 0.05) is 0 Å². The van der Waals surface area contributed by atoms with Crippen molar-refractivity contribution in [1.82, 2.24) is 0 Å². The lowest BCUT2D eigenvalue weighted by Gasteiger charge is -2.08. The van der Waals surface area contributed by atoms with Gasteiger partial charge in [-0.05, 0) is 41.0 Å². The van der Waals surface area contributed by atoms with Crippen molar-refractivity contribution in [1.29, 1.82) is 0 Å². The molecule has 1 N–H and O–H groups in total. The largest absolute Gasteiger partial charge is 0.506 e. The van der Waals surface area contributed by atoms with E-state index in [-0.39, 0.29) is 5.75 Å². The van der Waals surface area contributed by atoms with Crippen LogP contribution in [0.25, 0.3) is 11.1 Å². The first-order valence-electron chi connectivity index (χ1n) is 6.98. The Kier molecular flexibility index (Phi) is 4.31. The van der Waals surface area contributed by atoms with Gasteiger partial charge in [-0.3, -0.25) is 0 Å². The first-order chi connectivity index (χ1) is 10.7. The van der Waals surface area contributed by atoms with E-state index in [1.807, 2.05) is 60.7 Å². The molecule has 2 nitrogen and oxygen atoms in total. The molecule has 110 valence electrons. The molecule has 0 bridgehead atoms. The summed E-state index contributed by atoms with van der Waals surface area (Å²) in [4.78, 5) is 0. The molecule has 0 aliphatic heterocycles. The van der Waals surface area contributed by atoms with Crippen molar-refractivity contribution in [3.63, 3.8) is 0 Å². The van der Waals surface area contributed by atoms with Crippen LogP contribution in [0.4, 0.5) is 0 Å². The molecule has 0 radical (unpaired) electrons. The van der Waals surface area contributed by atoms with Gasteiger partial charge in [0.15, 0.2) is 0 Å². The molecule has 3 rings (SSSR count). The molecular formula is C19H15ClO2. The summed E-state index contributed by atoms with van der Waals surface area (Å²) in [6.07, 6.45) is 0. The SMILES string of the molecule is Oc1ccc(-c2ccc(OCc3ccccc3)cc2)cc1Cl. The lowest BCUT2D eigenvalue weighted by Crippen LogP contribution is -1.94. The average molecular weight is 311 g/mol. The van der Waals surface area contributed by atoms with Crippen LogP contribution in [0.1, 0.15) is 5.56 Å². The zero-order chi connectivity index (χ0) is 15.4. The fourth-order valence-electron chi connectivity index (χ4n) is 2.17. The average Bonchev–Trinajstić information content (AvgIpc) is 2.57. The van der Waals surface area contributed by atoms with E-state index in [2.05, 4.69) is 0 Å². The van der Waals surface area contributed by atoms with Crippen LogP contribution in [0.3, 0.4) is 0 Å². The second kappa shape index (κ2) is 6.54. The van der Waals surface area contributed by atoms with E-state index in [0.29, 0.717) is 11.6 Å². The van der Waals surface area contributed by atoms with Gasteiger partial charge in [0.2, 0.25) is 0 Å². The van der Waals surface area contributed by atoms with Crippen LogP contribution >= 0.6 is 11.6 Å². The highest BCUT2D eigenvalue weighted by atomic mass is 35.5. The molecule has 0 unspecified atom stereocenters. The van der Waals surface area contributed by atoms with E-state index in [1.165, 1.54) is 0 Å². The van der Waals surface area contributed by atoms with Gasteiger partial charge < -0.3 is 9.84 Å². The summed E-state index contributed by atoms with van der Waals surface area (Å²) < 4.78 is 5.76.